The summed E-state index contributed by atoms with van der Waals surface area (Å²) in [6.07, 6.45) is 10.8. The van der Waals surface area contributed by atoms with Gasteiger partial charge >= 0.3 is 0 Å². The molecule has 2 rings (SSSR count). The molecule has 2 fully saturated rings. The van der Waals surface area contributed by atoms with Crippen molar-refractivity contribution < 1.29 is 5.11 Å². The molecule has 2 nitrogen and oxygen atoms in total. The van der Waals surface area contributed by atoms with Gasteiger partial charge in [-0.1, -0.05) is 19.8 Å². The first-order valence-corrected chi connectivity index (χ1v) is 7.20. The van der Waals surface area contributed by atoms with Crippen LogP contribution in [0.2, 0.25) is 0 Å². The van der Waals surface area contributed by atoms with Gasteiger partial charge in [0, 0.05) is 6.04 Å². The van der Waals surface area contributed by atoms with Crippen molar-refractivity contribution in [3.63, 3.8) is 0 Å². The van der Waals surface area contributed by atoms with Crippen LogP contribution in [0.5, 0.6) is 0 Å². The first-order chi connectivity index (χ1) is 7.73. The lowest BCUT2D eigenvalue weighted by Crippen LogP contribution is -2.47. The molecule has 0 bridgehead atoms. The Morgan fingerprint density at radius 2 is 1.94 bits per heavy atom. The first kappa shape index (κ1) is 12.4. The highest BCUT2D eigenvalue weighted by Crippen LogP contribution is 2.35. The summed E-state index contributed by atoms with van der Waals surface area (Å²) in [5.41, 5.74) is -0.338. The van der Waals surface area contributed by atoms with Crippen molar-refractivity contribution in [1.82, 2.24) is 4.90 Å². The van der Waals surface area contributed by atoms with Crippen molar-refractivity contribution in [2.45, 2.75) is 76.4 Å². The van der Waals surface area contributed by atoms with Gasteiger partial charge in [-0.2, -0.15) is 0 Å². The molecule has 94 valence electrons. The average Bonchev–Trinajstić information content (AvgIpc) is 2.30. The third-order valence-corrected chi connectivity index (χ3v) is 4.42. The lowest BCUT2D eigenvalue weighted by Gasteiger charge is -2.43. The van der Waals surface area contributed by atoms with E-state index in [0.29, 0.717) is 6.04 Å². The van der Waals surface area contributed by atoms with Crippen LogP contribution in [-0.2, 0) is 0 Å². The van der Waals surface area contributed by atoms with E-state index in [1.54, 1.807) is 0 Å². The molecule has 0 aromatic carbocycles. The Balaban J connectivity index is 1.90. The van der Waals surface area contributed by atoms with Gasteiger partial charge < -0.3 is 10.0 Å². The summed E-state index contributed by atoms with van der Waals surface area (Å²) in [5, 5.41) is 10.5. The molecule has 2 atom stereocenters. The maximum absolute atomic E-state index is 10.5. The highest BCUT2D eigenvalue weighted by Gasteiger charge is 2.35. The molecule has 1 aliphatic carbocycles. The van der Waals surface area contributed by atoms with Gasteiger partial charge in [-0.05, 0) is 58.0 Å². The zero-order chi connectivity index (χ0) is 11.4. The Morgan fingerprint density at radius 1 is 1.19 bits per heavy atom. The topological polar surface area (TPSA) is 23.5 Å². The van der Waals surface area contributed by atoms with E-state index in [2.05, 4.69) is 11.8 Å². The zero-order valence-corrected chi connectivity index (χ0v) is 10.7. The molecule has 1 N–H and O–H groups in total. The first-order valence-electron chi connectivity index (χ1n) is 7.20. The van der Waals surface area contributed by atoms with E-state index >= 15 is 0 Å². The molecule has 1 heterocycles. The van der Waals surface area contributed by atoms with E-state index in [0.717, 1.165) is 25.7 Å². The number of rotatable bonds is 3. The lowest BCUT2D eigenvalue weighted by atomic mass is 9.78. The van der Waals surface area contributed by atoms with Gasteiger partial charge in [0.2, 0.25) is 0 Å². The fourth-order valence-electron chi connectivity index (χ4n) is 3.60. The Morgan fingerprint density at radius 3 is 2.62 bits per heavy atom. The van der Waals surface area contributed by atoms with Crippen LogP contribution in [0.15, 0.2) is 0 Å². The summed E-state index contributed by atoms with van der Waals surface area (Å²) in [4.78, 5) is 2.64. The van der Waals surface area contributed by atoms with Gasteiger partial charge in [0.25, 0.3) is 0 Å². The zero-order valence-electron chi connectivity index (χ0n) is 10.7. The summed E-state index contributed by atoms with van der Waals surface area (Å²) in [6.45, 7) is 4.72. The summed E-state index contributed by atoms with van der Waals surface area (Å²) < 4.78 is 0. The Hall–Kier alpha value is -0.0800. The van der Waals surface area contributed by atoms with Crippen LogP contribution in [0.25, 0.3) is 0 Å². The van der Waals surface area contributed by atoms with E-state index in [1.165, 1.54) is 45.2 Å². The SMILES string of the molecule is CCC[C@]1(O)CCC[C@H](N2CCCCC2)C1. The van der Waals surface area contributed by atoms with Crippen LogP contribution in [0, 0.1) is 0 Å². The van der Waals surface area contributed by atoms with Crippen molar-refractivity contribution in [3.05, 3.63) is 0 Å². The number of piperidine rings is 1. The van der Waals surface area contributed by atoms with Crippen molar-refractivity contribution in [2.75, 3.05) is 13.1 Å². The predicted octanol–water partition coefficient (Wildman–Crippen LogP) is 2.95. The number of aliphatic hydroxyl groups is 1. The lowest BCUT2D eigenvalue weighted by molar-refractivity contribution is -0.0402. The second-order valence-corrected chi connectivity index (χ2v) is 5.82. The Bertz CT molecular complexity index is 209. The van der Waals surface area contributed by atoms with E-state index in [1.807, 2.05) is 0 Å². The van der Waals surface area contributed by atoms with Crippen molar-refractivity contribution >= 4 is 0 Å². The predicted molar refractivity (Wildman–Crippen MR) is 67.5 cm³/mol. The molecule has 0 aromatic rings. The van der Waals surface area contributed by atoms with Gasteiger partial charge in [-0.15, -0.1) is 0 Å². The molecule has 0 radical (unpaired) electrons. The van der Waals surface area contributed by atoms with Gasteiger partial charge in [-0.3, -0.25) is 0 Å². The minimum absolute atomic E-state index is 0.338. The van der Waals surface area contributed by atoms with Gasteiger partial charge in [0.1, 0.15) is 0 Å². The number of hydrogen-bond acceptors (Lipinski definition) is 2. The maximum atomic E-state index is 10.5. The van der Waals surface area contributed by atoms with Crippen LogP contribution in [0.3, 0.4) is 0 Å². The second-order valence-electron chi connectivity index (χ2n) is 5.82. The molecular weight excluding hydrogens is 198 g/mol. The van der Waals surface area contributed by atoms with E-state index in [9.17, 15) is 5.11 Å². The van der Waals surface area contributed by atoms with Crippen LogP contribution in [0.1, 0.15) is 64.7 Å². The number of likely N-dealkylation sites (tertiary alicyclic amines) is 1. The summed E-state index contributed by atoms with van der Waals surface area (Å²) in [5.74, 6) is 0. The van der Waals surface area contributed by atoms with Crippen LogP contribution in [-0.4, -0.2) is 34.7 Å². The Kier molecular flexibility index (Phi) is 4.26. The largest absolute Gasteiger partial charge is 0.390 e. The molecule has 1 aliphatic heterocycles. The van der Waals surface area contributed by atoms with E-state index < -0.39 is 0 Å². The number of nitrogens with zero attached hydrogens (tertiary/aromatic N) is 1. The van der Waals surface area contributed by atoms with E-state index in [4.69, 9.17) is 0 Å². The third-order valence-electron chi connectivity index (χ3n) is 4.42. The third kappa shape index (κ3) is 2.98. The standard InChI is InChI=1S/C14H27NO/c1-2-8-14(16)9-6-7-13(12-14)15-10-4-3-5-11-15/h13,16H,2-12H2,1H3/t13-,14-/m0/s1. The molecule has 16 heavy (non-hydrogen) atoms. The molecule has 0 unspecified atom stereocenters. The monoisotopic (exact) mass is 225 g/mol. The quantitative estimate of drug-likeness (QED) is 0.798. The van der Waals surface area contributed by atoms with Crippen molar-refractivity contribution in [2.24, 2.45) is 0 Å². The molecule has 1 saturated heterocycles. The van der Waals surface area contributed by atoms with Gasteiger partial charge in [0.15, 0.2) is 0 Å². The van der Waals surface area contributed by atoms with Crippen molar-refractivity contribution in [1.29, 1.82) is 0 Å². The summed E-state index contributed by atoms with van der Waals surface area (Å²) in [7, 11) is 0. The molecular formula is C14H27NO. The van der Waals surface area contributed by atoms with Gasteiger partial charge in [0.05, 0.1) is 5.60 Å². The maximum Gasteiger partial charge on any atom is 0.0662 e. The number of hydrogen-bond donors (Lipinski definition) is 1. The second kappa shape index (κ2) is 5.50. The molecule has 0 spiro atoms. The van der Waals surface area contributed by atoms with Crippen LogP contribution < -0.4 is 0 Å². The summed E-state index contributed by atoms with van der Waals surface area (Å²) in [6, 6.07) is 0.672. The molecule has 1 saturated carbocycles. The van der Waals surface area contributed by atoms with Gasteiger partial charge in [-0.25, -0.2) is 0 Å². The van der Waals surface area contributed by atoms with Crippen LogP contribution in [0.4, 0.5) is 0 Å². The molecule has 0 aromatic heterocycles. The smallest absolute Gasteiger partial charge is 0.0662 e. The molecule has 0 amide bonds. The van der Waals surface area contributed by atoms with Crippen LogP contribution >= 0.6 is 0 Å². The highest BCUT2D eigenvalue weighted by molar-refractivity contribution is 4.90. The fraction of sp³-hybridized carbons (Fsp3) is 1.00. The normalized spacial score (nSPS) is 37.5. The highest BCUT2D eigenvalue weighted by atomic mass is 16.3. The Labute approximate surface area is 100 Å². The summed E-state index contributed by atoms with van der Waals surface area (Å²) >= 11 is 0. The molecule has 2 heteroatoms. The molecule has 2 aliphatic rings. The minimum Gasteiger partial charge on any atom is -0.390 e. The van der Waals surface area contributed by atoms with E-state index in [-0.39, 0.29) is 5.60 Å². The fourth-order valence-corrected chi connectivity index (χ4v) is 3.60. The minimum atomic E-state index is -0.338. The van der Waals surface area contributed by atoms with Crippen molar-refractivity contribution in [3.8, 4) is 0 Å². The average molecular weight is 225 g/mol.